The van der Waals surface area contributed by atoms with Crippen LogP contribution in [-0.2, 0) is 13.0 Å². The number of benzene rings is 4. The summed E-state index contributed by atoms with van der Waals surface area (Å²) in [5, 5.41) is 14.6. The summed E-state index contributed by atoms with van der Waals surface area (Å²) in [6.45, 7) is 7.09. The molecule has 0 aliphatic carbocycles. The first-order valence-electron chi connectivity index (χ1n) is 13.9. The van der Waals surface area contributed by atoms with Gasteiger partial charge in [-0.3, -0.25) is 0 Å². The molecule has 1 N–H and O–H groups in total. The molecule has 0 fully saturated rings. The molecule has 0 saturated heterocycles. The van der Waals surface area contributed by atoms with Gasteiger partial charge >= 0.3 is 0 Å². The van der Waals surface area contributed by atoms with E-state index in [0.29, 0.717) is 18.3 Å². The van der Waals surface area contributed by atoms with Gasteiger partial charge in [0, 0.05) is 24.1 Å². The van der Waals surface area contributed by atoms with Crippen LogP contribution in [0, 0.1) is 13.8 Å². The fourth-order valence-electron chi connectivity index (χ4n) is 5.49. The van der Waals surface area contributed by atoms with Crippen molar-refractivity contribution in [2.75, 3.05) is 0 Å². The lowest BCUT2D eigenvalue weighted by Gasteiger charge is -2.12. The summed E-state index contributed by atoms with van der Waals surface area (Å²) in [5.74, 6) is 2.30. The number of hydrogen-bond acceptors (Lipinski definition) is 6. The van der Waals surface area contributed by atoms with Gasteiger partial charge in [0.15, 0.2) is 5.58 Å². The second-order valence-electron chi connectivity index (χ2n) is 10.5. The highest BCUT2D eigenvalue weighted by Crippen LogP contribution is 2.32. The molecule has 202 valence electrons. The number of fused-ring (bicyclic) bond motifs is 2. The van der Waals surface area contributed by atoms with Gasteiger partial charge in [0.1, 0.15) is 11.3 Å². The first-order chi connectivity index (χ1) is 20.1. The molecule has 41 heavy (non-hydrogen) atoms. The van der Waals surface area contributed by atoms with Crippen LogP contribution in [0.4, 0.5) is 0 Å². The van der Waals surface area contributed by atoms with E-state index in [4.69, 9.17) is 14.4 Å². The highest BCUT2D eigenvalue weighted by molar-refractivity contribution is 5.86. The number of aromatic nitrogens is 7. The zero-order chi connectivity index (χ0) is 27.9. The lowest BCUT2D eigenvalue weighted by atomic mass is 9.98. The van der Waals surface area contributed by atoms with E-state index in [2.05, 4.69) is 94.5 Å². The number of oxazole rings is 1. The zero-order valence-electron chi connectivity index (χ0n) is 23.2. The van der Waals surface area contributed by atoms with Crippen LogP contribution >= 0.6 is 0 Å². The Morgan fingerprint density at radius 3 is 2.46 bits per heavy atom. The van der Waals surface area contributed by atoms with E-state index in [1.807, 2.05) is 30.3 Å². The maximum Gasteiger partial charge on any atom is 0.227 e. The molecule has 3 aromatic heterocycles. The Labute approximate surface area is 237 Å². The van der Waals surface area contributed by atoms with Crippen LogP contribution in [0.5, 0.6) is 0 Å². The Balaban J connectivity index is 1.27. The Bertz CT molecular complexity index is 2000. The summed E-state index contributed by atoms with van der Waals surface area (Å²) in [7, 11) is 0. The normalized spacial score (nSPS) is 11.6. The predicted molar refractivity (Wildman–Crippen MR) is 160 cm³/mol. The zero-order valence-corrected chi connectivity index (χ0v) is 23.2. The van der Waals surface area contributed by atoms with Gasteiger partial charge in [-0.05, 0) is 77.6 Å². The lowest BCUT2D eigenvalue weighted by Crippen LogP contribution is -2.05. The van der Waals surface area contributed by atoms with Crippen LogP contribution in [0.25, 0.3) is 56.1 Å². The molecule has 8 heteroatoms. The molecule has 7 rings (SSSR count). The molecule has 0 saturated carbocycles. The van der Waals surface area contributed by atoms with Crippen molar-refractivity contribution >= 4 is 22.1 Å². The topological polar surface area (TPSA) is 98.3 Å². The summed E-state index contributed by atoms with van der Waals surface area (Å²) in [5.41, 5.74) is 11.3. The average molecular weight is 540 g/mol. The van der Waals surface area contributed by atoms with Gasteiger partial charge in [-0.2, -0.15) is 5.21 Å². The second kappa shape index (κ2) is 10.1. The van der Waals surface area contributed by atoms with E-state index < -0.39 is 0 Å². The Kier molecular flexibility index (Phi) is 6.15. The molecule has 0 spiro atoms. The predicted octanol–water partition coefficient (Wildman–Crippen LogP) is 7.31. The maximum absolute atomic E-state index is 6.16. The number of imidazole rings is 1. The Hall–Kier alpha value is -5.11. The molecule has 7 aromatic rings. The van der Waals surface area contributed by atoms with Crippen molar-refractivity contribution in [3.8, 4) is 34.0 Å². The van der Waals surface area contributed by atoms with Crippen LogP contribution in [0.1, 0.15) is 35.9 Å². The number of aromatic amines is 1. The molecule has 3 heterocycles. The van der Waals surface area contributed by atoms with Gasteiger partial charge in [-0.1, -0.05) is 61.5 Å². The first kappa shape index (κ1) is 24.9. The van der Waals surface area contributed by atoms with Crippen LogP contribution in [0.15, 0.2) is 83.3 Å². The Morgan fingerprint density at radius 2 is 1.68 bits per heavy atom. The molecule has 8 nitrogen and oxygen atoms in total. The smallest absolute Gasteiger partial charge is 0.227 e. The van der Waals surface area contributed by atoms with E-state index in [1.165, 1.54) is 5.56 Å². The molecule has 4 aromatic carbocycles. The van der Waals surface area contributed by atoms with Gasteiger partial charge in [0.2, 0.25) is 11.7 Å². The van der Waals surface area contributed by atoms with Gasteiger partial charge in [0.25, 0.3) is 0 Å². The molecule has 0 aliphatic rings. The van der Waals surface area contributed by atoms with Gasteiger partial charge in [-0.25, -0.2) is 9.97 Å². The minimum atomic E-state index is 0.582. The number of nitrogens with zero attached hydrogens (tertiary/aromatic N) is 6. The van der Waals surface area contributed by atoms with E-state index in [9.17, 15) is 0 Å². The third-order valence-electron chi connectivity index (χ3n) is 7.51. The molecule has 0 aliphatic heterocycles. The van der Waals surface area contributed by atoms with E-state index in [-0.39, 0.29) is 0 Å². The molecule has 0 atom stereocenters. The molecular formula is C33H29N7O. The van der Waals surface area contributed by atoms with E-state index in [1.54, 1.807) is 0 Å². The van der Waals surface area contributed by atoms with Gasteiger partial charge < -0.3 is 8.98 Å². The van der Waals surface area contributed by atoms with E-state index >= 15 is 0 Å². The second-order valence-corrected chi connectivity index (χ2v) is 10.5. The summed E-state index contributed by atoms with van der Waals surface area (Å²) in [6, 6.07) is 27.2. The number of aryl methyl sites for hydroxylation is 3. The minimum absolute atomic E-state index is 0.582. The monoisotopic (exact) mass is 539 g/mol. The number of H-pyrrole nitrogens is 1. The summed E-state index contributed by atoms with van der Waals surface area (Å²) in [4.78, 5) is 9.88. The lowest BCUT2D eigenvalue weighted by molar-refractivity contribution is 0.620. The number of rotatable bonds is 7. The quantitative estimate of drug-likeness (QED) is 0.228. The Morgan fingerprint density at radius 1 is 0.854 bits per heavy atom. The average Bonchev–Trinajstić information content (AvgIpc) is 3.74. The van der Waals surface area contributed by atoms with E-state index in [0.717, 1.165) is 74.2 Å². The van der Waals surface area contributed by atoms with Gasteiger partial charge in [-0.15, -0.1) is 10.2 Å². The van der Waals surface area contributed by atoms with Crippen LogP contribution in [0.2, 0.25) is 0 Å². The number of nitrogens with one attached hydrogen (secondary N) is 1. The first-order valence-corrected chi connectivity index (χ1v) is 13.9. The molecule has 0 radical (unpaired) electrons. The summed E-state index contributed by atoms with van der Waals surface area (Å²) < 4.78 is 8.50. The molecular weight excluding hydrogens is 510 g/mol. The fourth-order valence-corrected chi connectivity index (χ4v) is 5.49. The summed E-state index contributed by atoms with van der Waals surface area (Å²) in [6.07, 6.45) is 1.92. The van der Waals surface area contributed by atoms with Crippen molar-refractivity contribution in [3.63, 3.8) is 0 Å². The third kappa shape index (κ3) is 4.57. The SMILES string of the molecule is CCCc1nc2c(C)cc(-c3nc4cc(C)ccc4o3)cc2n1Cc1ccc(-c2ccccc2-c2nn[nH]n2)cc1. The van der Waals surface area contributed by atoms with Crippen LogP contribution < -0.4 is 0 Å². The third-order valence-corrected chi connectivity index (χ3v) is 7.51. The summed E-state index contributed by atoms with van der Waals surface area (Å²) >= 11 is 0. The number of tetrazole rings is 1. The van der Waals surface area contributed by atoms with Gasteiger partial charge in [0.05, 0.1) is 11.0 Å². The fraction of sp³-hybridized carbons (Fsp3) is 0.182. The number of hydrogen-bond donors (Lipinski definition) is 1. The van der Waals surface area contributed by atoms with Crippen molar-refractivity contribution in [2.24, 2.45) is 0 Å². The molecule has 0 unspecified atom stereocenters. The van der Waals surface area contributed by atoms with Crippen molar-refractivity contribution in [1.82, 2.24) is 35.2 Å². The highest BCUT2D eigenvalue weighted by Gasteiger charge is 2.17. The minimum Gasteiger partial charge on any atom is -0.436 e. The van der Waals surface area contributed by atoms with Crippen molar-refractivity contribution < 1.29 is 4.42 Å². The molecule has 0 bridgehead atoms. The maximum atomic E-state index is 6.16. The van der Waals surface area contributed by atoms with Crippen molar-refractivity contribution in [1.29, 1.82) is 0 Å². The van der Waals surface area contributed by atoms with Crippen molar-refractivity contribution in [3.05, 3.63) is 101 Å². The standard InChI is InChI=1S/C33H29N7O/c1-4-7-30-35-31-21(3)17-24(33-34-27-16-20(2)10-15-29(27)41-33)18-28(31)40(30)19-22-11-13-23(14-12-22)25-8-5-6-9-26(25)32-36-38-39-37-32/h5-6,8-18H,4,7,19H2,1-3H3,(H,36,37,38,39). The molecule has 0 amide bonds. The highest BCUT2D eigenvalue weighted by atomic mass is 16.3. The van der Waals surface area contributed by atoms with Crippen LogP contribution in [-0.4, -0.2) is 35.2 Å². The van der Waals surface area contributed by atoms with Crippen LogP contribution in [0.3, 0.4) is 0 Å². The van der Waals surface area contributed by atoms with Crippen molar-refractivity contribution in [2.45, 2.75) is 40.2 Å². The largest absolute Gasteiger partial charge is 0.436 e.